The number of aliphatic hydroxyl groups is 1. The molecule has 210 valence electrons. The number of esters is 1. The fourth-order valence-corrected chi connectivity index (χ4v) is 4.36. The number of nitrogens with zero attached hydrogens (tertiary/aromatic N) is 1. The third-order valence-electron chi connectivity index (χ3n) is 7.07. The maximum absolute atomic E-state index is 13.6. The number of pyridine rings is 1. The number of benzene rings is 1. The second kappa shape index (κ2) is 13.2. The highest BCUT2D eigenvalue weighted by Gasteiger charge is 2.40. The van der Waals surface area contributed by atoms with Crippen molar-refractivity contribution < 1.29 is 34.1 Å². The molecule has 1 aliphatic heterocycles. The van der Waals surface area contributed by atoms with Crippen LogP contribution in [0.1, 0.15) is 50.2 Å². The molecule has 11 heteroatoms. The van der Waals surface area contributed by atoms with Gasteiger partial charge in [-0.3, -0.25) is 14.4 Å². The molecular weight excluding hydrogens is 504 g/mol. The van der Waals surface area contributed by atoms with Crippen molar-refractivity contribution in [3.63, 3.8) is 0 Å². The molecule has 0 saturated carbocycles. The molecule has 7 unspecified atom stereocenters. The lowest BCUT2D eigenvalue weighted by Crippen LogP contribution is -2.61. The first kappa shape index (κ1) is 29.6. The van der Waals surface area contributed by atoms with Gasteiger partial charge < -0.3 is 30.9 Å². The number of nitrogens with one attached hydrogen (secondary N) is 3. The second-order valence-corrected chi connectivity index (χ2v) is 9.92. The van der Waals surface area contributed by atoms with E-state index in [0.29, 0.717) is 6.42 Å². The van der Waals surface area contributed by atoms with Crippen molar-refractivity contribution in [1.29, 1.82) is 0 Å². The van der Waals surface area contributed by atoms with E-state index in [-0.39, 0.29) is 23.8 Å². The van der Waals surface area contributed by atoms with Crippen molar-refractivity contribution in [3.8, 4) is 5.75 Å². The Labute approximate surface area is 227 Å². The lowest BCUT2D eigenvalue weighted by molar-refractivity contribution is -0.157. The monoisotopic (exact) mass is 540 g/mol. The number of cyclic esters (lactones) is 1. The van der Waals surface area contributed by atoms with Crippen LogP contribution in [0.15, 0.2) is 48.7 Å². The van der Waals surface area contributed by atoms with Gasteiger partial charge in [-0.2, -0.15) is 0 Å². The summed E-state index contributed by atoms with van der Waals surface area (Å²) in [5.41, 5.74) is 0.492. The highest BCUT2D eigenvalue weighted by molar-refractivity contribution is 5.98. The van der Waals surface area contributed by atoms with Crippen LogP contribution in [-0.2, 0) is 25.5 Å². The number of rotatable bonds is 6. The molecule has 39 heavy (non-hydrogen) atoms. The van der Waals surface area contributed by atoms with Gasteiger partial charge in [-0.05, 0) is 37.0 Å². The van der Waals surface area contributed by atoms with E-state index in [1.807, 2.05) is 37.3 Å². The molecule has 11 nitrogen and oxygen atoms in total. The zero-order chi connectivity index (χ0) is 28.7. The molecule has 0 bridgehead atoms. The number of aromatic nitrogens is 1. The van der Waals surface area contributed by atoms with Crippen molar-refractivity contribution in [1.82, 2.24) is 20.9 Å². The topological polar surface area (TPSA) is 167 Å². The number of aliphatic hydroxyl groups excluding tert-OH is 1. The van der Waals surface area contributed by atoms with E-state index >= 15 is 0 Å². The average Bonchev–Trinajstić information content (AvgIpc) is 2.92. The first-order chi connectivity index (χ1) is 18.5. The van der Waals surface area contributed by atoms with E-state index in [2.05, 4.69) is 20.9 Å². The van der Waals surface area contributed by atoms with Gasteiger partial charge in [-0.15, -0.1) is 0 Å². The lowest BCUT2D eigenvalue weighted by Gasteiger charge is -2.34. The Balaban J connectivity index is 2.00. The van der Waals surface area contributed by atoms with Crippen LogP contribution in [0.2, 0.25) is 0 Å². The van der Waals surface area contributed by atoms with Gasteiger partial charge in [0.2, 0.25) is 11.8 Å². The Morgan fingerprint density at radius 1 is 1.08 bits per heavy atom. The minimum absolute atomic E-state index is 0.190. The zero-order valence-electron chi connectivity index (χ0n) is 22.5. The summed E-state index contributed by atoms with van der Waals surface area (Å²) >= 11 is 0. The fraction of sp³-hybridized carbons (Fsp3) is 0.464. The Morgan fingerprint density at radius 2 is 1.77 bits per heavy atom. The summed E-state index contributed by atoms with van der Waals surface area (Å²) in [4.78, 5) is 56.7. The number of aromatic hydroxyl groups is 1. The van der Waals surface area contributed by atoms with Crippen LogP contribution in [0.3, 0.4) is 0 Å². The van der Waals surface area contributed by atoms with Crippen LogP contribution in [0, 0.1) is 11.8 Å². The predicted molar refractivity (Wildman–Crippen MR) is 141 cm³/mol. The number of carbonyl (C=O) groups is 4. The van der Waals surface area contributed by atoms with Gasteiger partial charge in [-0.1, -0.05) is 57.5 Å². The van der Waals surface area contributed by atoms with E-state index in [0.717, 1.165) is 5.56 Å². The SMILES string of the molecule is CCC(C)C1NC(=O)C(C)C(O)C(Cc2ccccc2)NC(=O)C(NC(=O)c2ncccc2O)C(C)OC1=O. The zero-order valence-corrected chi connectivity index (χ0v) is 22.5. The number of amides is 3. The van der Waals surface area contributed by atoms with Crippen molar-refractivity contribution in [2.75, 3.05) is 0 Å². The fourth-order valence-electron chi connectivity index (χ4n) is 4.36. The maximum Gasteiger partial charge on any atom is 0.329 e. The van der Waals surface area contributed by atoms with Crippen molar-refractivity contribution in [2.45, 2.75) is 70.9 Å². The molecule has 3 rings (SSSR count). The number of carbonyl (C=O) groups excluding carboxylic acids is 4. The molecule has 0 radical (unpaired) electrons. The van der Waals surface area contributed by atoms with Crippen molar-refractivity contribution in [2.24, 2.45) is 11.8 Å². The first-order valence-corrected chi connectivity index (χ1v) is 13.0. The van der Waals surface area contributed by atoms with Gasteiger partial charge in [0.25, 0.3) is 5.91 Å². The van der Waals surface area contributed by atoms with Crippen LogP contribution in [-0.4, -0.2) is 69.2 Å². The largest absolute Gasteiger partial charge is 0.505 e. The summed E-state index contributed by atoms with van der Waals surface area (Å²) in [6.07, 6.45) is -0.458. The molecule has 1 aromatic heterocycles. The Morgan fingerprint density at radius 3 is 2.41 bits per heavy atom. The summed E-state index contributed by atoms with van der Waals surface area (Å²) in [7, 11) is 0. The van der Waals surface area contributed by atoms with E-state index < -0.39 is 59.9 Å². The van der Waals surface area contributed by atoms with Crippen molar-refractivity contribution >= 4 is 23.7 Å². The smallest absolute Gasteiger partial charge is 0.329 e. The van der Waals surface area contributed by atoms with Crippen LogP contribution >= 0.6 is 0 Å². The molecule has 2 heterocycles. The van der Waals surface area contributed by atoms with Crippen molar-refractivity contribution in [3.05, 3.63) is 59.9 Å². The van der Waals surface area contributed by atoms with Gasteiger partial charge >= 0.3 is 5.97 Å². The van der Waals surface area contributed by atoms with Gasteiger partial charge in [0.05, 0.1) is 18.1 Å². The van der Waals surface area contributed by atoms with E-state index in [4.69, 9.17) is 4.74 Å². The number of ether oxygens (including phenoxy) is 1. The van der Waals surface area contributed by atoms with Gasteiger partial charge in [0.1, 0.15) is 23.9 Å². The Hall–Kier alpha value is -3.99. The van der Waals surface area contributed by atoms with Gasteiger partial charge in [0, 0.05) is 6.20 Å². The standard InChI is InChI=1S/C28H36N4O7/c1-5-15(2)21-28(38)39-17(4)22(32-27(37)23-20(33)12-9-13-29-23)26(36)30-19(14-18-10-7-6-8-11-18)24(34)16(3)25(35)31-21/h6-13,15-17,19,21-22,24,33-34H,5,14H2,1-4H3,(H,30,36)(H,31,35)(H,32,37). The minimum atomic E-state index is -1.41. The molecule has 1 aliphatic rings. The minimum Gasteiger partial charge on any atom is -0.505 e. The van der Waals surface area contributed by atoms with Crippen LogP contribution < -0.4 is 16.0 Å². The molecule has 5 N–H and O–H groups in total. The maximum atomic E-state index is 13.6. The Bertz CT molecular complexity index is 1180. The molecule has 2 aromatic rings. The quantitative estimate of drug-likeness (QED) is 0.340. The van der Waals surface area contributed by atoms with E-state index in [1.165, 1.54) is 32.2 Å². The first-order valence-electron chi connectivity index (χ1n) is 13.0. The predicted octanol–water partition coefficient (Wildman–Crippen LogP) is 1.09. The number of hydrogen-bond acceptors (Lipinski definition) is 8. The molecule has 7 atom stereocenters. The third-order valence-corrected chi connectivity index (χ3v) is 7.07. The van der Waals surface area contributed by atoms with E-state index in [1.54, 1.807) is 6.92 Å². The molecule has 0 spiro atoms. The summed E-state index contributed by atoms with van der Waals surface area (Å²) in [5, 5.41) is 29.3. The Kier molecular flexibility index (Phi) is 10.00. The average molecular weight is 541 g/mol. The third kappa shape index (κ3) is 7.32. The molecular formula is C28H36N4O7. The highest BCUT2D eigenvalue weighted by atomic mass is 16.5. The molecule has 3 amide bonds. The molecule has 0 aliphatic carbocycles. The summed E-state index contributed by atoms with van der Waals surface area (Å²) in [5.74, 6) is -4.63. The van der Waals surface area contributed by atoms with Gasteiger partial charge in [0.15, 0.2) is 5.69 Å². The van der Waals surface area contributed by atoms with Crippen LogP contribution in [0.4, 0.5) is 0 Å². The lowest BCUT2D eigenvalue weighted by atomic mass is 9.90. The van der Waals surface area contributed by atoms with Crippen LogP contribution in [0.25, 0.3) is 0 Å². The second-order valence-electron chi connectivity index (χ2n) is 9.92. The molecule has 1 fully saturated rings. The van der Waals surface area contributed by atoms with E-state index in [9.17, 15) is 29.4 Å². The number of hydrogen-bond donors (Lipinski definition) is 5. The summed E-state index contributed by atoms with van der Waals surface area (Å²) in [6, 6.07) is 8.47. The van der Waals surface area contributed by atoms with Gasteiger partial charge in [-0.25, -0.2) is 9.78 Å². The summed E-state index contributed by atoms with van der Waals surface area (Å²) < 4.78 is 5.60. The summed E-state index contributed by atoms with van der Waals surface area (Å²) in [6.45, 7) is 6.58. The highest BCUT2D eigenvalue weighted by Crippen LogP contribution is 2.19. The van der Waals surface area contributed by atoms with Crippen LogP contribution in [0.5, 0.6) is 5.75 Å². The molecule has 1 aromatic carbocycles. The normalized spacial score (nSPS) is 27.2. The molecule has 1 saturated heterocycles.